The van der Waals surface area contributed by atoms with Crippen LogP contribution in [0.25, 0.3) is 10.2 Å². The number of benzene rings is 1. The van der Waals surface area contributed by atoms with E-state index in [4.69, 9.17) is 0 Å². The summed E-state index contributed by atoms with van der Waals surface area (Å²) < 4.78 is 27.1. The summed E-state index contributed by atoms with van der Waals surface area (Å²) in [6.07, 6.45) is 4.95. The molecule has 0 bridgehead atoms. The molecule has 3 aromatic rings. The van der Waals surface area contributed by atoms with Crippen LogP contribution in [-0.4, -0.2) is 33.9 Å². The van der Waals surface area contributed by atoms with E-state index in [0.29, 0.717) is 27.8 Å². The Bertz CT molecular complexity index is 910. The fourth-order valence-corrected chi connectivity index (χ4v) is 3.89. The van der Waals surface area contributed by atoms with E-state index in [0.717, 1.165) is 42.9 Å². The number of nitrogens with zero attached hydrogens (tertiary/aromatic N) is 4. The van der Waals surface area contributed by atoms with Crippen molar-refractivity contribution in [2.45, 2.75) is 12.8 Å². The van der Waals surface area contributed by atoms with Gasteiger partial charge in [0, 0.05) is 31.5 Å². The molecule has 0 radical (unpaired) electrons. The molecule has 1 aliphatic rings. The van der Waals surface area contributed by atoms with Crippen LogP contribution < -0.4 is 10.2 Å². The smallest absolute Gasteiger partial charge is 0.231 e. The number of thiazole rings is 1. The Hall–Kier alpha value is -2.68. The first-order chi connectivity index (χ1) is 12.6. The van der Waals surface area contributed by atoms with Gasteiger partial charge in [-0.25, -0.2) is 23.7 Å². The fraction of sp³-hybridized carbons (Fsp3) is 0.294. The molecular formula is C17H15F2N5OS. The van der Waals surface area contributed by atoms with Crippen LogP contribution in [0.1, 0.15) is 12.8 Å². The van der Waals surface area contributed by atoms with Gasteiger partial charge >= 0.3 is 0 Å². The van der Waals surface area contributed by atoms with Crippen molar-refractivity contribution in [2.75, 3.05) is 23.3 Å². The highest BCUT2D eigenvalue weighted by molar-refractivity contribution is 7.22. The lowest BCUT2D eigenvalue weighted by molar-refractivity contribution is -0.120. The second-order valence-electron chi connectivity index (χ2n) is 6.08. The molecule has 134 valence electrons. The van der Waals surface area contributed by atoms with Gasteiger partial charge in [0.05, 0.1) is 16.1 Å². The molecule has 9 heteroatoms. The standard InChI is InChI=1S/C17H15F2N5OS/c18-11-7-13-14(8-12(11)19)26-17(22-13)23-15(25)10-3-1-6-24(9-10)16-20-4-2-5-21-16/h2,4-5,7-8,10H,1,3,6,9H2,(H,22,23,25). The predicted octanol–water partition coefficient (Wildman–Crippen LogP) is 3.22. The summed E-state index contributed by atoms with van der Waals surface area (Å²) in [6.45, 7) is 1.32. The molecule has 0 saturated carbocycles. The van der Waals surface area contributed by atoms with E-state index in [-0.39, 0.29) is 11.8 Å². The molecule has 4 rings (SSSR count). The summed E-state index contributed by atoms with van der Waals surface area (Å²) in [6, 6.07) is 3.87. The zero-order chi connectivity index (χ0) is 18.1. The van der Waals surface area contributed by atoms with E-state index >= 15 is 0 Å². The van der Waals surface area contributed by atoms with Gasteiger partial charge < -0.3 is 10.2 Å². The summed E-state index contributed by atoms with van der Waals surface area (Å²) in [7, 11) is 0. The Kier molecular flexibility index (Phi) is 4.46. The Morgan fingerprint density at radius 3 is 2.81 bits per heavy atom. The van der Waals surface area contributed by atoms with E-state index < -0.39 is 11.6 Å². The Morgan fingerprint density at radius 1 is 1.23 bits per heavy atom. The number of piperidine rings is 1. The minimum atomic E-state index is -0.952. The first-order valence-electron chi connectivity index (χ1n) is 8.18. The molecular weight excluding hydrogens is 360 g/mol. The number of hydrogen-bond acceptors (Lipinski definition) is 6. The summed E-state index contributed by atoms with van der Waals surface area (Å²) in [5.74, 6) is -1.66. The number of carbonyl (C=O) groups is 1. The van der Waals surface area contributed by atoms with Gasteiger partial charge in [0.15, 0.2) is 16.8 Å². The maximum Gasteiger partial charge on any atom is 0.231 e. The van der Waals surface area contributed by atoms with E-state index in [1.54, 1.807) is 18.5 Å². The van der Waals surface area contributed by atoms with Crippen LogP contribution in [0, 0.1) is 17.6 Å². The van der Waals surface area contributed by atoms with E-state index in [2.05, 4.69) is 20.3 Å². The van der Waals surface area contributed by atoms with Crippen LogP contribution in [0.2, 0.25) is 0 Å². The molecule has 1 amide bonds. The summed E-state index contributed by atoms with van der Waals surface area (Å²) >= 11 is 1.12. The largest absolute Gasteiger partial charge is 0.340 e. The number of amides is 1. The van der Waals surface area contributed by atoms with Gasteiger partial charge in [-0.2, -0.15) is 0 Å². The SMILES string of the molecule is O=C(Nc1nc2cc(F)c(F)cc2s1)C1CCCN(c2ncccn2)C1. The number of hydrogen-bond donors (Lipinski definition) is 1. The van der Waals surface area contributed by atoms with Crippen molar-refractivity contribution in [1.82, 2.24) is 15.0 Å². The maximum atomic E-state index is 13.3. The molecule has 0 spiro atoms. The second-order valence-corrected chi connectivity index (χ2v) is 7.11. The van der Waals surface area contributed by atoms with Crippen molar-refractivity contribution in [3.8, 4) is 0 Å². The predicted molar refractivity (Wildman–Crippen MR) is 95.1 cm³/mol. The van der Waals surface area contributed by atoms with Gasteiger partial charge in [-0.3, -0.25) is 4.79 Å². The zero-order valence-electron chi connectivity index (χ0n) is 13.7. The van der Waals surface area contributed by atoms with Gasteiger partial charge in [-0.05, 0) is 25.0 Å². The molecule has 1 atom stereocenters. The maximum absolute atomic E-state index is 13.3. The quantitative estimate of drug-likeness (QED) is 0.761. The second kappa shape index (κ2) is 6.91. The highest BCUT2D eigenvalue weighted by Crippen LogP contribution is 2.29. The van der Waals surface area contributed by atoms with Crippen molar-refractivity contribution >= 4 is 38.5 Å². The molecule has 3 heterocycles. The molecule has 1 saturated heterocycles. The number of fused-ring (bicyclic) bond motifs is 1. The Balaban J connectivity index is 1.47. The third kappa shape index (κ3) is 3.34. The van der Waals surface area contributed by atoms with Crippen LogP contribution in [0.15, 0.2) is 30.6 Å². The van der Waals surface area contributed by atoms with Gasteiger partial charge in [-0.1, -0.05) is 11.3 Å². The first-order valence-corrected chi connectivity index (χ1v) is 9.00. The molecule has 2 aromatic heterocycles. The van der Waals surface area contributed by atoms with Crippen molar-refractivity contribution < 1.29 is 13.6 Å². The van der Waals surface area contributed by atoms with Crippen LogP contribution in [-0.2, 0) is 4.79 Å². The van der Waals surface area contributed by atoms with Crippen LogP contribution in [0.5, 0.6) is 0 Å². The van der Waals surface area contributed by atoms with E-state index in [1.165, 1.54) is 0 Å². The molecule has 6 nitrogen and oxygen atoms in total. The van der Waals surface area contributed by atoms with E-state index in [9.17, 15) is 13.6 Å². The summed E-state index contributed by atoms with van der Waals surface area (Å²) in [4.78, 5) is 27.2. The van der Waals surface area contributed by atoms with Crippen molar-refractivity contribution in [2.24, 2.45) is 5.92 Å². The fourth-order valence-electron chi connectivity index (χ4n) is 3.01. The van der Waals surface area contributed by atoms with Crippen molar-refractivity contribution in [1.29, 1.82) is 0 Å². The molecule has 1 aliphatic heterocycles. The van der Waals surface area contributed by atoms with Gasteiger partial charge in [0.1, 0.15) is 0 Å². The monoisotopic (exact) mass is 375 g/mol. The Labute approximate surface area is 151 Å². The number of anilines is 2. The number of carbonyl (C=O) groups excluding carboxylic acids is 1. The van der Waals surface area contributed by atoms with Crippen molar-refractivity contribution in [3.63, 3.8) is 0 Å². The first kappa shape index (κ1) is 16.8. The van der Waals surface area contributed by atoms with E-state index in [1.807, 2.05) is 4.90 Å². The average molecular weight is 375 g/mol. The summed E-state index contributed by atoms with van der Waals surface area (Å²) in [5, 5.41) is 3.10. The van der Waals surface area contributed by atoms with Crippen molar-refractivity contribution in [3.05, 3.63) is 42.2 Å². The molecule has 0 aliphatic carbocycles. The highest BCUT2D eigenvalue weighted by Gasteiger charge is 2.27. The third-order valence-electron chi connectivity index (χ3n) is 4.29. The number of halogens is 2. The lowest BCUT2D eigenvalue weighted by Crippen LogP contribution is -2.41. The molecule has 1 unspecified atom stereocenters. The average Bonchev–Trinajstić information content (AvgIpc) is 3.04. The van der Waals surface area contributed by atoms with Gasteiger partial charge in [0.25, 0.3) is 0 Å². The lowest BCUT2D eigenvalue weighted by Gasteiger charge is -2.31. The molecule has 26 heavy (non-hydrogen) atoms. The van der Waals surface area contributed by atoms with Crippen LogP contribution in [0.3, 0.4) is 0 Å². The van der Waals surface area contributed by atoms with Gasteiger partial charge in [-0.15, -0.1) is 0 Å². The minimum Gasteiger partial charge on any atom is -0.340 e. The molecule has 1 fully saturated rings. The van der Waals surface area contributed by atoms with Crippen LogP contribution >= 0.6 is 11.3 Å². The summed E-state index contributed by atoms with van der Waals surface area (Å²) in [5.41, 5.74) is 0.326. The number of aromatic nitrogens is 3. The highest BCUT2D eigenvalue weighted by atomic mass is 32.1. The van der Waals surface area contributed by atoms with Crippen LogP contribution in [0.4, 0.5) is 19.9 Å². The molecule has 1 N–H and O–H groups in total. The number of rotatable bonds is 3. The topological polar surface area (TPSA) is 71.0 Å². The Morgan fingerprint density at radius 2 is 2.00 bits per heavy atom. The number of nitrogens with one attached hydrogen (secondary N) is 1. The third-order valence-corrected chi connectivity index (χ3v) is 5.22. The van der Waals surface area contributed by atoms with Gasteiger partial charge in [0.2, 0.25) is 11.9 Å². The molecule has 1 aromatic carbocycles. The zero-order valence-corrected chi connectivity index (χ0v) is 14.5. The minimum absolute atomic E-state index is 0.161. The normalized spacial score (nSPS) is 17.5. The lowest BCUT2D eigenvalue weighted by atomic mass is 9.97.